The first kappa shape index (κ1) is 16.6. The van der Waals surface area contributed by atoms with Crippen LogP contribution in [0.3, 0.4) is 0 Å². The van der Waals surface area contributed by atoms with Crippen molar-refractivity contribution in [2.75, 3.05) is 13.1 Å². The zero-order chi connectivity index (χ0) is 18.1. The fourth-order valence-electron chi connectivity index (χ4n) is 3.33. The van der Waals surface area contributed by atoms with Gasteiger partial charge in [0.15, 0.2) is 0 Å². The number of ether oxygens (including phenoxy) is 1. The van der Waals surface area contributed by atoms with E-state index < -0.39 is 0 Å². The molecule has 0 bridgehead atoms. The maximum Gasteiger partial charge on any atom is 0.303 e. The summed E-state index contributed by atoms with van der Waals surface area (Å²) in [5, 5.41) is 4.21. The summed E-state index contributed by atoms with van der Waals surface area (Å²) in [5.41, 5.74) is 2.49. The molecule has 26 heavy (non-hydrogen) atoms. The van der Waals surface area contributed by atoms with Gasteiger partial charge in [-0.15, -0.1) is 0 Å². The van der Waals surface area contributed by atoms with Crippen LogP contribution in [0.4, 0.5) is 0 Å². The molecule has 0 spiro atoms. The summed E-state index contributed by atoms with van der Waals surface area (Å²) in [6.07, 6.45) is 9.95. The first-order chi connectivity index (χ1) is 12.6. The number of carbonyl (C=O) groups is 1. The maximum absolute atomic E-state index is 11.6. The first-order valence-electron chi connectivity index (χ1n) is 8.85. The van der Waals surface area contributed by atoms with Crippen molar-refractivity contribution in [1.82, 2.24) is 29.0 Å². The van der Waals surface area contributed by atoms with Crippen LogP contribution >= 0.6 is 0 Å². The van der Waals surface area contributed by atoms with Gasteiger partial charge in [-0.3, -0.25) is 13.9 Å². The highest BCUT2D eigenvalue weighted by atomic mass is 16.5. The van der Waals surface area contributed by atoms with Crippen LogP contribution in [0.5, 0.6) is 6.01 Å². The molecule has 8 heteroatoms. The van der Waals surface area contributed by atoms with Crippen LogP contribution in [0.1, 0.15) is 26.2 Å². The minimum absolute atomic E-state index is 0.0293. The molecular formula is C18H22N6O2. The fourth-order valence-corrected chi connectivity index (χ4v) is 3.33. The average Bonchev–Trinajstić information content (AvgIpc) is 3.19. The molecule has 1 fully saturated rings. The maximum atomic E-state index is 11.6. The molecule has 0 saturated carbocycles. The van der Waals surface area contributed by atoms with Crippen LogP contribution in [0, 0.1) is 0 Å². The van der Waals surface area contributed by atoms with E-state index in [9.17, 15) is 4.79 Å². The zero-order valence-electron chi connectivity index (χ0n) is 15.0. The Hall–Kier alpha value is -2.90. The average molecular weight is 354 g/mol. The SMILES string of the molecule is CC(=O)N1CCC[C@@H](Oc2nc(-c3cnn(C)c3)cc3nccn23)CC1. The van der Waals surface area contributed by atoms with Gasteiger partial charge in [-0.25, -0.2) is 4.98 Å². The molecule has 4 heterocycles. The van der Waals surface area contributed by atoms with Crippen LogP contribution in [0.25, 0.3) is 16.9 Å². The van der Waals surface area contributed by atoms with Gasteiger partial charge in [0.25, 0.3) is 0 Å². The molecule has 1 aliphatic rings. The third kappa shape index (κ3) is 3.26. The first-order valence-corrected chi connectivity index (χ1v) is 8.85. The van der Waals surface area contributed by atoms with Gasteiger partial charge in [0.2, 0.25) is 5.91 Å². The molecule has 1 amide bonds. The molecule has 1 saturated heterocycles. The van der Waals surface area contributed by atoms with Crippen LogP contribution in [-0.2, 0) is 11.8 Å². The molecule has 0 N–H and O–H groups in total. The Morgan fingerprint density at radius 2 is 2.19 bits per heavy atom. The van der Waals surface area contributed by atoms with Gasteiger partial charge in [0, 0.05) is 63.7 Å². The van der Waals surface area contributed by atoms with E-state index >= 15 is 0 Å². The van der Waals surface area contributed by atoms with Crippen molar-refractivity contribution in [3.63, 3.8) is 0 Å². The molecule has 4 rings (SSSR count). The predicted molar refractivity (Wildman–Crippen MR) is 95.7 cm³/mol. The lowest BCUT2D eigenvalue weighted by Crippen LogP contribution is -2.30. The van der Waals surface area contributed by atoms with Crippen molar-refractivity contribution < 1.29 is 9.53 Å². The van der Waals surface area contributed by atoms with Crippen molar-refractivity contribution in [3.8, 4) is 17.3 Å². The number of amides is 1. The molecule has 136 valence electrons. The number of fused-ring (bicyclic) bond motifs is 1. The fraction of sp³-hybridized carbons (Fsp3) is 0.444. The monoisotopic (exact) mass is 354 g/mol. The number of aromatic nitrogens is 5. The van der Waals surface area contributed by atoms with Crippen molar-refractivity contribution in [1.29, 1.82) is 0 Å². The number of hydrogen-bond donors (Lipinski definition) is 0. The van der Waals surface area contributed by atoms with Crippen molar-refractivity contribution in [2.45, 2.75) is 32.3 Å². The van der Waals surface area contributed by atoms with Gasteiger partial charge in [-0.2, -0.15) is 10.1 Å². The Morgan fingerprint density at radius 3 is 2.96 bits per heavy atom. The second kappa shape index (κ2) is 6.78. The largest absolute Gasteiger partial charge is 0.461 e. The molecule has 0 aliphatic carbocycles. The van der Waals surface area contributed by atoms with Gasteiger partial charge in [-0.1, -0.05) is 0 Å². The number of carbonyl (C=O) groups excluding carboxylic acids is 1. The Balaban J connectivity index is 1.61. The van der Waals surface area contributed by atoms with E-state index in [0.29, 0.717) is 6.01 Å². The lowest BCUT2D eigenvalue weighted by molar-refractivity contribution is -0.128. The molecule has 0 aromatic carbocycles. The Morgan fingerprint density at radius 1 is 1.31 bits per heavy atom. The van der Waals surface area contributed by atoms with Gasteiger partial charge in [0.1, 0.15) is 11.8 Å². The molecule has 0 radical (unpaired) electrons. The van der Waals surface area contributed by atoms with Gasteiger partial charge in [-0.05, 0) is 12.8 Å². The van der Waals surface area contributed by atoms with E-state index in [1.165, 1.54) is 0 Å². The summed E-state index contributed by atoms with van der Waals surface area (Å²) >= 11 is 0. The summed E-state index contributed by atoms with van der Waals surface area (Å²) in [4.78, 5) is 22.6. The lowest BCUT2D eigenvalue weighted by atomic mass is 10.2. The second-order valence-electron chi connectivity index (χ2n) is 6.66. The summed E-state index contributed by atoms with van der Waals surface area (Å²) in [5.74, 6) is 0.124. The molecule has 0 unspecified atom stereocenters. The van der Waals surface area contributed by atoms with Gasteiger partial charge < -0.3 is 9.64 Å². The van der Waals surface area contributed by atoms with Crippen molar-refractivity contribution in [3.05, 3.63) is 30.9 Å². The molecule has 8 nitrogen and oxygen atoms in total. The smallest absolute Gasteiger partial charge is 0.303 e. The summed E-state index contributed by atoms with van der Waals surface area (Å²) in [7, 11) is 1.88. The Labute approximate surface area is 151 Å². The topological polar surface area (TPSA) is 77.6 Å². The number of nitrogens with zero attached hydrogens (tertiary/aromatic N) is 6. The van der Waals surface area contributed by atoms with E-state index in [-0.39, 0.29) is 12.0 Å². The quantitative estimate of drug-likeness (QED) is 0.718. The normalized spacial score (nSPS) is 18.1. The van der Waals surface area contributed by atoms with E-state index in [2.05, 4.69) is 10.1 Å². The predicted octanol–water partition coefficient (Wildman–Crippen LogP) is 1.91. The number of rotatable bonds is 3. The molecule has 3 aromatic heterocycles. The lowest BCUT2D eigenvalue weighted by Gasteiger charge is -2.19. The molecule has 1 aliphatic heterocycles. The Kier molecular flexibility index (Phi) is 4.32. The summed E-state index contributed by atoms with van der Waals surface area (Å²) in [6.45, 7) is 3.13. The number of hydrogen-bond acceptors (Lipinski definition) is 5. The van der Waals surface area contributed by atoms with Crippen LogP contribution < -0.4 is 4.74 Å². The van der Waals surface area contributed by atoms with Crippen molar-refractivity contribution >= 4 is 11.6 Å². The van der Waals surface area contributed by atoms with Crippen LogP contribution in [0.2, 0.25) is 0 Å². The molecular weight excluding hydrogens is 332 g/mol. The van der Waals surface area contributed by atoms with E-state index in [1.807, 2.05) is 34.8 Å². The number of aryl methyl sites for hydroxylation is 1. The zero-order valence-corrected chi connectivity index (χ0v) is 15.0. The van der Waals surface area contributed by atoms with E-state index in [0.717, 1.165) is 49.3 Å². The van der Waals surface area contributed by atoms with Gasteiger partial charge in [0.05, 0.1) is 11.9 Å². The standard InChI is InChI=1S/C18H22N6O2/c1-13(25)23-7-3-4-15(5-8-23)26-18-21-16(14-11-20-22(2)12-14)10-17-19-6-9-24(17)18/h6,9-12,15H,3-5,7-8H2,1-2H3/t15-/m1/s1. The highest BCUT2D eigenvalue weighted by Gasteiger charge is 2.21. The number of likely N-dealkylation sites (tertiary alicyclic amines) is 1. The minimum atomic E-state index is 0.0293. The highest BCUT2D eigenvalue weighted by Crippen LogP contribution is 2.24. The van der Waals surface area contributed by atoms with Crippen LogP contribution in [-0.4, -0.2) is 54.1 Å². The second-order valence-corrected chi connectivity index (χ2v) is 6.66. The highest BCUT2D eigenvalue weighted by molar-refractivity contribution is 5.73. The van der Waals surface area contributed by atoms with E-state index in [1.54, 1.807) is 24.0 Å². The third-order valence-corrected chi connectivity index (χ3v) is 4.75. The van der Waals surface area contributed by atoms with Crippen molar-refractivity contribution in [2.24, 2.45) is 7.05 Å². The van der Waals surface area contributed by atoms with E-state index in [4.69, 9.17) is 9.72 Å². The summed E-state index contributed by atoms with van der Waals surface area (Å²) < 4.78 is 9.85. The minimum Gasteiger partial charge on any atom is -0.461 e. The Bertz CT molecular complexity index is 931. The number of imidazole rings is 1. The van der Waals surface area contributed by atoms with Crippen LogP contribution in [0.15, 0.2) is 30.9 Å². The van der Waals surface area contributed by atoms with Gasteiger partial charge >= 0.3 is 6.01 Å². The molecule has 3 aromatic rings. The summed E-state index contributed by atoms with van der Waals surface area (Å²) in [6, 6.07) is 2.45. The molecule has 1 atom stereocenters. The third-order valence-electron chi connectivity index (χ3n) is 4.75.